The number of hydrogen-bond donors (Lipinski definition) is 3. The lowest BCUT2D eigenvalue weighted by Crippen LogP contribution is -2.55. The molecule has 2 aromatic carbocycles. The molecule has 1 saturated heterocycles. The summed E-state index contributed by atoms with van der Waals surface area (Å²) < 4.78 is 0. The Bertz CT molecular complexity index is 1080. The maximum absolute atomic E-state index is 13.2. The molecule has 0 radical (unpaired) electrons. The number of amides is 3. The summed E-state index contributed by atoms with van der Waals surface area (Å²) in [7, 11) is 2.10. The molecule has 2 aromatic rings. The maximum atomic E-state index is 13.2. The molecule has 0 unspecified atom stereocenters. The highest BCUT2D eigenvalue weighted by Gasteiger charge is 2.27. The van der Waals surface area contributed by atoms with Crippen LogP contribution >= 0.6 is 0 Å². The fourth-order valence-corrected chi connectivity index (χ4v) is 4.22. The van der Waals surface area contributed by atoms with Gasteiger partial charge in [0, 0.05) is 43.9 Å². The summed E-state index contributed by atoms with van der Waals surface area (Å²) in [6.07, 6.45) is 0.944. The molecule has 3 rings (SSSR count). The largest absolute Gasteiger partial charge is 0.369 e. The van der Waals surface area contributed by atoms with E-state index in [1.807, 2.05) is 56.3 Å². The summed E-state index contributed by atoms with van der Waals surface area (Å²) in [4.78, 5) is 54.8. The molecule has 1 heterocycles. The van der Waals surface area contributed by atoms with E-state index in [0.717, 1.165) is 37.4 Å². The molecule has 3 atom stereocenters. The zero-order valence-corrected chi connectivity index (χ0v) is 22.6. The van der Waals surface area contributed by atoms with Crippen molar-refractivity contribution in [1.82, 2.24) is 20.9 Å². The summed E-state index contributed by atoms with van der Waals surface area (Å²) in [6.45, 7) is 9.03. The van der Waals surface area contributed by atoms with Gasteiger partial charge in [-0.15, -0.1) is 0 Å². The smallest absolute Gasteiger partial charge is 0.251 e. The van der Waals surface area contributed by atoms with E-state index >= 15 is 0 Å². The maximum Gasteiger partial charge on any atom is 0.251 e. The van der Waals surface area contributed by atoms with Gasteiger partial charge in [-0.2, -0.15) is 0 Å². The average molecular weight is 522 g/mol. The van der Waals surface area contributed by atoms with Crippen molar-refractivity contribution < 1.29 is 19.2 Å². The van der Waals surface area contributed by atoms with E-state index < -0.39 is 29.9 Å². The number of carbonyl (C=O) groups is 4. The minimum absolute atomic E-state index is 0.0768. The summed E-state index contributed by atoms with van der Waals surface area (Å²) >= 11 is 0. The molecule has 1 aliphatic heterocycles. The molecule has 0 bridgehead atoms. The standard InChI is InChI=1S/C29H39N5O4/c1-20(2)26(19-35)32-27(36)21(3)30-29(38)25(18-22-8-6-5-7-9-22)31-28(37)23-10-12-24(13-11-23)34-16-14-33(4)15-17-34/h5-13,19-21,25-26H,14-18H2,1-4H3,(H,30,38)(H,31,37)(H,32,36)/t21-,25+,26+/m0/s1. The van der Waals surface area contributed by atoms with Crippen LogP contribution in [0.15, 0.2) is 54.6 Å². The molecule has 1 fully saturated rings. The van der Waals surface area contributed by atoms with Crippen molar-refractivity contribution in [2.75, 3.05) is 38.1 Å². The Morgan fingerprint density at radius 2 is 1.47 bits per heavy atom. The van der Waals surface area contributed by atoms with E-state index in [1.165, 1.54) is 0 Å². The molecule has 9 heteroatoms. The van der Waals surface area contributed by atoms with E-state index in [2.05, 4.69) is 32.8 Å². The second-order valence-corrected chi connectivity index (χ2v) is 10.2. The van der Waals surface area contributed by atoms with Gasteiger partial charge in [-0.25, -0.2) is 0 Å². The van der Waals surface area contributed by atoms with Gasteiger partial charge in [0.15, 0.2) is 0 Å². The number of benzene rings is 2. The number of hydrogen-bond acceptors (Lipinski definition) is 6. The predicted octanol–water partition coefficient (Wildman–Crippen LogP) is 1.62. The number of anilines is 1. The molecule has 3 N–H and O–H groups in total. The monoisotopic (exact) mass is 521 g/mol. The Balaban J connectivity index is 1.68. The Hall–Kier alpha value is -3.72. The van der Waals surface area contributed by atoms with Crippen molar-refractivity contribution in [2.45, 2.75) is 45.3 Å². The number of likely N-dealkylation sites (N-methyl/N-ethyl adjacent to an activating group) is 1. The highest BCUT2D eigenvalue weighted by atomic mass is 16.2. The number of aldehydes is 1. The zero-order valence-electron chi connectivity index (χ0n) is 22.6. The number of nitrogens with zero attached hydrogens (tertiary/aromatic N) is 2. The second-order valence-electron chi connectivity index (χ2n) is 10.2. The van der Waals surface area contributed by atoms with Crippen molar-refractivity contribution in [3.63, 3.8) is 0 Å². The van der Waals surface area contributed by atoms with E-state index in [1.54, 1.807) is 19.1 Å². The van der Waals surface area contributed by atoms with Crippen LogP contribution in [-0.4, -0.2) is 80.3 Å². The Morgan fingerprint density at radius 3 is 2.05 bits per heavy atom. The van der Waals surface area contributed by atoms with Gasteiger partial charge < -0.3 is 30.5 Å². The van der Waals surface area contributed by atoms with E-state index in [-0.39, 0.29) is 18.2 Å². The highest BCUT2D eigenvalue weighted by Crippen LogP contribution is 2.17. The molecule has 38 heavy (non-hydrogen) atoms. The topological polar surface area (TPSA) is 111 Å². The first-order valence-corrected chi connectivity index (χ1v) is 13.1. The van der Waals surface area contributed by atoms with Gasteiger partial charge in [-0.1, -0.05) is 44.2 Å². The normalized spacial score (nSPS) is 16.3. The quantitative estimate of drug-likeness (QED) is 0.388. The van der Waals surface area contributed by atoms with Gasteiger partial charge in [-0.05, 0) is 49.7 Å². The van der Waals surface area contributed by atoms with Crippen LogP contribution in [0.4, 0.5) is 5.69 Å². The SMILES string of the molecule is CC(C)[C@@H](C=O)NC(=O)[C@H](C)NC(=O)[C@@H](Cc1ccccc1)NC(=O)c1ccc(N2CCN(C)CC2)cc1. The number of nitrogens with one attached hydrogen (secondary N) is 3. The predicted molar refractivity (Wildman–Crippen MR) is 148 cm³/mol. The molecular formula is C29H39N5O4. The molecule has 0 saturated carbocycles. The summed E-state index contributed by atoms with van der Waals surface area (Å²) in [5.74, 6) is -1.39. The van der Waals surface area contributed by atoms with Gasteiger partial charge in [-0.3, -0.25) is 14.4 Å². The van der Waals surface area contributed by atoms with Crippen LogP contribution in [-0.2, 0) is 20.8 Å². The lowest BCUT2D eigenvalue weighted by Gasteiger charge is -2.34. The fraction of sp³-hybridized carbons (Fsp3) is 0.448. The molecule has 3 amide bonds. The molecular weight excluding hydrogens is 482 g/mol. The Labute approximate surface area is 225 Å². The van der Waals surface area contributed by atoms with Crippen molar-refractivity contribution in [3.8, 4) is 0 Å². The lowest BCUT2D eigenvalue weighted by atomic mass is 10.0. The number of piperazine rings is 1. The van der Waals surface area contributed by atoms with E-state index in [0.29, 0.717) is 11.8 Å². The summed E-state index contributed by atoms with van der Waals surface area (Å²) in [5.41, 5.74) is 2.38. The van der Waals surface area contributed by atoms with Crippen molar-refractivity contribution in [1.29, 1.82) is 0 Å². The van der Waals surface area contributed by atoms with Gasteiger partial charge >= 0.3 is 0 Å². The van der Waals surface area contributed by atoms with Crippen molar-refractivity contribution in [2.24, 2.45) is 5.92 Å². The first-order valence-electron chi connectivity index (χ1n) is 13.1. The summed E-state index contributed by atoms with van der Waals surface area (Å²) in [6, 6.07) is 14.3. The third kappa shape index (κ3) is 8.14. The van der Waals surface area contributed by atoms with Crippen LogP contribution < -0.4 is 20.9 Å². The average Bonchev–Trinajstić information content (AvgIpc) is 2.92. The van der Waals surface area contributed by atoms with Gasteiger partial charge in [0.1, 0.15) is 18.4 Å². The Kier molecular flexibility index (Phi) is 10.4. The minimum atomic E-state index is -0.899. The van der Waals surface area contributed by atoms with Gasteiger partial charge in [0.05, 0.1) is 6.04 Å². The van der Waals surface area contributed by atoms with E-state index in [9.17, 15) is 19.2 Å². The van der Waals surface area contributed by atoms with Crippen LogP contribution in [0.25, 0.3) is 0 Å². The van der Waals surface area contributed by atoms with Crippen molar-refractivity contribution in [3.05, 3.63) is 65.7 Å². The molecule has 1 aliphatic rings. The molecule has 0 aliphatic carbocycles. The highest BCUT2D eigenvalue weighted by molar-refractivity contribution is 5.98. The fourth-order valence-electron chi connectivity index (χ4n) is 4.22. The third-order valence-corrected chi connectivity index (χ3v) is 6.83. The van der Waals surface area contributed by atoms with Crippen molar-refractivity contribution >= 4 is 29.7 Å². The molecule has 204 valence electrons. The number of carbonyl (C=O) groups excluding carboxylic acids is 4. The van der Waals surface area contributed by atoms with Crippen LogP contribution in [0, 0.1) is 5.92 Å². The molecule has 0 aromatic heterocycles. The van der Waals surface area contributed by atoms with Crippen LogP contribution in [0.1, 0.15) is 36.7 Å². The number of rotatable bonds is 11. The van der Waals surface area contributed by atoms with Crippen LogP contribution in [0.2, 0.25) is 0 Å². The van der Waals surface area contributed by atoms with Crippen LogP contribution in [0.5, 0.6) is 0 Å². The molecule has 9 nitrogen and oxygen atoms in total. The first kappa shape index (κ1) is 28.8. The van der Waals surface area contributed by atoms with Crippen LogP contribution in [0.3, 0.4) is 0 Å². The van der Waals surface area contributed by atoms with Gasteiger partial charge in [0.2, 0.25) is 11.8 Å². The van der Waals surface area contributed by atoms with Gasteiger partial charge in [0.25, 0.3) is 5.91 Å². The third-order valence-electron chi connectivity index (χ3n) is 6.83. The zero-order chi connectivity index (χ0) is 27.7. The first-order chi connectivity index (χ1) is 18.2. The lowest BCUT2D eigenvalue weighted by molar-refractivity contribution is -0.130. The Morgan fingerprint density at radius 1 is 0.842 bits per heavy atom. The van der Waals surface area contributed by atoms with E-state index in [4.69, 9.17) is 0 Å². The minimum Gasteiger partial charge on any atom is -0.369 e. The molecule has 0 spiro atoms. The summed E-state index contributed by atoms with van der Waals surface area (Å²) in [5, 5.41) is 8.18. The second kappa shape index (κ2) is 13.7.